The summed E-state index contributed by atoms with van der Waals surface area (Å²) >= 11 is 6.20. The summed E-state index contributed by atoms with van der Waals surface area (Å²) < 4.78 is 17.1. The molecule has 8 nitrogen and oxygen atoms in total. The summed E-state index contributed by atoms with van der Waals surface area (Å²) in [6.07, 6.45) is 1.86. The van der Waals surface area contributed by atoms with Crippen molar-refractivity contribution in [2.24, 2.45) is 5.10 Å². The van der Waals surface area contributed by atoms with E-state index in [1.54, 1.807) is 18.2 Å². The molecule has 0 radical (unpaired) electrons. The highest BCUT2D eigenvalue weighted by Gasteiger charge is 2.13. The third kappa shape index (κ3) is 4.01. The summed E-state index contributed by atoms with van der Waals surface area (Å²) in [7, 11) is 4.58. The Morgan fingerprint density at radius 3 is 2.43 bits per heavy atom. The summed E-state index contributed by atoms with van der Waals surface area (Å²) in [4.78, 5) is 12.1. The van der Waals surface area contributed by atoms with E-state index in [-0.39, 0.29) is 0 Å². The Morgan fingerprint density at radius 2 is 1.82 bits per heavy atom. The first-order chi connectivity index (χ1) is 13.6. The molecule has 146 valence electrons. The number of benzene rings is 2. The van der Waals surface area contributed by atoms with E-state index in [1.165, 1.54) is 32.2 Å². The summed E-state index contributed by atoms with van der Waals surface area (Å²) in [6.45, 7) is 0. The Kier molecular flexibility index (Phi) is 6.00. The topological polar surface area (TPSA) is 90.7 Å². The first kappa shape index (κ1) is 19.5. The highest BCUT2D eigenvalue weighted by atomic mass is 35.5. The van der Waals surface area contributed by atoms with Crippen molar-refractivity contribution >= 4 is 17.8 Å². The van der Waals surface area contributed by atoms with Gasteiger partial charge in [0.2, 0.25) is 5.75 Å². The van der Waals surface area contributed by atoms with Gasteiger partial charge in [-0.15, -0.1) is 0 Å². The Balaban J connectivity index is 1.94. The van der Waals surface area contributed by atoms with Gasteiger partial charge in [-0.3, -0.25) is 0 Å². The maximum Gasteiger partial charge on any atom is 0.364 e. The molecule has 0 atom stereocenters. The van der Waals surface area contributed by atoms with Gasteiger partial charge in [-0.2, -0.15) is 14.9 Å². The van der Waals surface area contributed by atoms with E-state index in [2.05, 4.69) is 15.3 Å². The molecule has 1 N–H and O–H groups in total. The maximum absolute atomic E-state index is 12.1. The smallest absolute Gasteiger partial charge is 0.364 e. The number of halogens is 1. The molecule has 0 saturated heterocycles. The lowest BCUT2D eigenvalue weighted by atomic mass is 10.1. The molecule has 2 aromatic carbocycles. The minimum Gasteiger partial charge on any atom is -0.493 e. The van der Waals surface area contributed by atoms with Crippen molar-refractivity contribution in [3.63, 3.8) is 0 Å². The van der Waals surface area contributed by atoms with Gasteiger partial charge in [-0.05, 0) is 23.8 Å². The van der Waals surface area contributed by atoms with E-state index in [0.717, 1.165) is 5.56 Å². The van der Waals surface area contributed by atoms with Crippen LogP contribution in [0.15, 0.2) is 46.3 Å². The van der Waals surface area contributed by atoms with Crippen LogP contribution in [0.3, 0.4) is 0 Å². The highest BCUT2D eigenvalue weighted by Crippen LogP contribution is 2.37. The number of methoxy groups -OCH3 is 3. The second-order valence-electron chi connectivity index (χ2n) is 5.73. The predicted octanol–water partition coefficient (Wildman–Crippen LogP) is 2.72. The fourth-order valence-corrected chi connectivity index (χ4v) is 2.87. The molecule has 3 aromatic rings. The SMILES string of the molecule is COc1cc(/C=N/n2c(Cc3ccccc3Cl)n[nH]c2=O)cc(OC)c1OC. The van der Waals surface area contributed by atoms with Gasteiger partial charge in [0.25, 0.3) is 0 Å². The van der Waals surface area contributed by atoms with Gasteiger partial charge in [-0.25, -0.2) is 9.89 Å². The van der Waals surface area contributed by atoms with E-state index in [1.807, 2.05) is 18.2 Å². The van der Waals surface area contributed by atoms with Crippen LogP contribution in [0.1, 0.15) is 17.0 Å². The number of hydrogen-bond acceptors (Lipinski definition) is 6. The number of nitrogens with zero attached hydrogens (tertiary/aromatic N) is 3. The molecule has 0 fully saturated rings. The molecule has 3 rings (SSSR count). The van der Waals surface area contributed by atoms with Crippen molar-refractivity contribution < 1.29 is 14.2 Å². The van der Waals surface area contributed by atoms with Crippen molar-refractivity contribution in [2.75, 3.05) is 21.3 Å². The lowest BCUT2D eigenvalue weighted by molar-refractivity contribution is 0.324. The third-order valence-corrected chi connectivity index (χ3v) is 4.40. The largest absolute Gasteiger partial charge is 0.493 e. The number of hydrogen-bond donors (Lipinski definition) is 1. The fraction of sp³-hybridized carbons (Fsp3) is 0.211. The zero-order chi connectivity index (χ0) is 20.1. The van der Waals surface area contributed by atoms with Gasteiger partial charge in [0, 0.05) is 17.0 Å². The monoisotopic (exact) mass is 402 g/mol. The van der Waals surface area contributed by atoms with Gasteiger partial charge in [0.05, 0.1) is 27.5 Å². The Bertz CT molecular complexity index is 1030. The van der Waals surface area contributed by atoms with Crippen molar-refractivity contribution in [3.8, 4) is 17.2 Å². The van der Waals surface area contributed by atoms with Crippen molar-refractivity contribution in [3.05, 3.63) is 68.9 Å². The molecule has 0 bridgehead atoms. The lowest BCUT2D eigenvalue weighted by Crippen LogP contribution is -2.15. The van der Waals surface area contributed by atoms with E-state index >= 15 is 0 Å². The van der Waals surface area contributed by atoms with Gasteiger partial charge in [0.1, 0.15) is 0 Å². The molecule has 0 aliphatic carbocycles. The van der Waals surface area contributed by atoms with Crippen LogP contribution in [0, 0.1) is 0 Å². The summed E-state index contributed by atoms with van der Waals surface area (Å²) in [5, 5.41) is 11.3. The number of ether oxygens (including phenoxy) is 3. The van der Waals surface area contributed by atoms with Crippen molar-refractivity contribution in [1.29, 1.82) is 0 Å². The molecule has 0 unspecified atom stereocenters. The Morgan fingerprint density at radius 1 is 1.14 bits per heavy atom. The average Bonchev–Trinajstić information content (AvgIpc) is 3.06. The summed E-state index contributed by atoms with van der Waals surface area (Å²) in [5.74, 6) is 1.88. The molecule has 0 aliphatic heterocycles. The first-order valence-electron chi connectivity index (χ1n) is 8.31. The Hall–Kier alpha value is -3.26. The minimum atomic E-state index is -0.453. The number of aromatic nitrogens is 3. The number of H-pyrrole nitrogens is 1. The predicted molar refractivity (Wildman–Crippen MR) is 106 cm³/mol. The van der Waals surface area contributed by atoms with E-state index in [9.17, 15) is 4.79 Å². The van der Waals surface area contributed by atoms with Gasteiger partial charge >= 0.3 is 5.69 Å². The molecule has 0 saturated carbocycles. The van der Waals surface area contributed by atoms with Gasteiger partial charge in [0.15, 0.2) is 17.3 Å². The van der Waals surface area contributed by atoms with E-state index in [0.29, 0.717) is 40.1 Å². The molecule has 0 spiro atoms. The van der Waals surface area contributed by atoms with Crippen LogP contribution in [0.2, 0.25) is 5.02 Å². The number of nitrogens with one attached hydrogen (secondary N) is 1. The molecule has 28 heavy (non-hydrogen) atoms. The zero-order valence-electron chi connectivity index (χ0n) is 15.6. The second kappa shape index (κ2) is 8.62. The van der Waals surface area contributed by atoms with Gasteiger partial charge < -0.3 is 14.2 Å². The van der Waals surface area contributed by atoms with Crippen molar-refractivity contribution in [1.82, 2.24) is 14.9 Å². The molecule has 0 amide bonds. The normalized spacial score (nSPS) is 11.0. The number of rotatable bonds is 7. The van der Waals surface area contributed by atoms with Gasteiger partial charge in [-0.1, -0.05) is 29.8 Å². The molecule has 1 aromatic heterocycles. The standard InChI is InChI=1S/C19H19ClN4O4/c1-26-15-8-12(9-16(27-2)18(15)28-3)11-21-24-17(22-23-19(24)25)10-13-6-4-5-7-14(13)20/h4-9,11H,10H2,1-3H3,(H,23,25)/b21-11+. The maximum atomic E-state index is 12.1. The summed E-state index contributed by atoms with van der Waals surface area (Å²) in [6, 6.07) is 10.8. The van der Waals surface area contributed by atoms with Crippen LogP contribution in [-0.2, 0) is 6.42 Å². The van der Waals surface area contributed by atoms with Crippen LogP contribution in [0.25, 0.3) is 0 Å². The van der Waals surface area contributed by atoms with Crippen LogP contribution in [0.5, 0.6) is 17.2 Å². The van der Waals surface area contributed by atoms with Crippen LogP contribution < -0.4 is 19.9 Å². The third-order valence-electron chi connectivity index (χ3n) is 4.03. The highest BCUT2D eigenvalue weighted by molar-refractivity contribution is 6.31. The lowest BCUT2D eigenvalue weighted by Gasteiger charge is -2.12. The average molecular weight is 403 g/mol. The first-order valence-corrected chi connectivity index (χ1v) is 8.69. The van der Waals surface area contributed by atoms with Crippen LogP contribution in [0.4, 0.5) is 0 Å². The zero-order valence-corrected chi connectivity index (χ0v) is 16.4. The number of aromatic amines is 1. The molecule has 9 heteroatoms. The van der Waals surface area contributed by atoms with E-state index < -0.39 is 5.69 Å². The fourth-order valence-electron chi connectivity index (χ4n) is 2.67. The minimum absolute atomic E-state index is 0.352. The summed E-state index contributed by atoms with van der Waals surface area (Å²) in [5.41, 5.74) is 1.05. The quantitative estimate of drug-likeness (QED) is 0.613. The molecular formula is C19H19ClN4O4. The van der Waals surface area contributed by atoms with Crippen LogP contribution in [-0.4, -0.2) is 42.4 Å². The Labute approximate surface area is 166 Å². The second-order valence-corrected chi connectivity index (χ2v) is 6.14. The molecular weight excluding hydrogens is 384 g/mol. The molecule has 1 heterocycles. The van der Waals surface area contributed by atoms with E-state index in [4.69, 9.17) is 25.8 Å². The van der Waals surface area contributed by atoms with Crippen LogP contribution >= 0.6 is 11.6 Å². The molecule has 0 aliphatic rings. The van der Waals surface area contributed by atoms with Crippen molar-refractivity contribution in [2.45, 2.75) is 6.42 Å².